The van der Waals surface area contributed by atoms with Gasteiger partial charge in [0.2, 0.25) is 0 Å². The van der Waals surface area contributed by atoms with Crippen molar-refractivity contribution in [1.82, 2.24) is 9.97 Å². The van der Waals surface area contributed by atoms with Crippen LogP contribution in [-0.2, 0) is 0 Å². The summed E-state index contributed by atoms with van der Waals surface area (Å²) >= 11 is 0. The van der Waals surface area contributed by atoms with E-state index in [0.717, 1.165) is 0 Å². The maximum Gasteiger partial charge on any atom is 0.338 e. The van der Waals surface area contributed by atoms with E-state index in [4.69, 9.17) is 0 Å². The molecule has 0 aliphatic heterocycles. The van der Waals surface area contributed by atoms with Crippen molar-refractivity contribution in [3.8, 4) is 23.7 Å². The van der Waals surface area contributed by atoms with Crippen LogP contribution in [0.25, 0.3) is 0 Å². The maximum atomic E-state index is 11.7. The molecule has 4 heteroatoms. The summed E-state index contributed by atoms with van der Waals surface area (Å²) in [6, 6.07) is 12.3. The fraction of sp³-hybridized carbons (Fsp3) is 0. The Morgan fingerprint density at radius 3 is 1.68 bits per heavy atom. The Labute approximate surface area is 145 Å². The molecule has 0 saturated carbocycles. The van der Waals surface area contributed by atoms with Crippen LogP contribution in [0.2, 0.25) is 0 Å². The zero-order valence-electron chi connectivity index (χ0n) is 13.1. The predicted octanol–water partition coefficient (Wildman–Crippen LogP) is 2.97. The van der Waals surface area contributed by atoms with Crippen LogP contribution in [0.15, 0.2) is 67.3 Å². The van der Waals surface area contributed by atoms with E-state index in [0.29, 0.717) is 22.3 Å². The molecular weight excluding hydrogens is 312 g/mol. The number of rotatable bonds is 1. The summed E-state index contributed by atoms with van der Waals surface area (Å²) in [5.74, 6) is 10.6. The van der Waals surface area contributed by atoms with Gasteiger partial charge >= 0.3 is 5.97 Å². The molecule has 118 valence electrons. The second-order valence-electron chi connectivity index (χ2n) is 5.02. The monoisotopic (exact) mass is 324 g/mol. The highest BCUT2D eigenvalue weighted by atomic mass is 16.4. The van der Waals surface area contributed by atoms with Crippen molar-refractivity contribution >= 4 is 5.97 Å². The maximum absolute atomic E-state index is 11.7. The Balaban J connectivity index is 2.03. The van der Waals surface area contributed by atoms with Crippen molar-refractivity contribution in [3.63, 3.8) is 0 Å². The highest BCUT2D eigenvalue weighted by Crippen LogP contribution is 2.14. The predicted molar refractivity (Wildman–Crippen MR) is 93.8 cm³/mol. The van der Waals surface area contributed by atoms with Crippen LogP contribution in [0.3, 0.4) is 0 Å². The van der Waals surface area contributed by atoms with Gasteiger partial charge in [-0.05, 0) is 36.4 Å². The summed E-state index contributed by atoms with van der Waals surface area (Å²) in [7, 11) is 0. The first-order valence-electron chi connectivity index (χ1n) is 7.44. The minimum absolute atomic E-state index is 0.0929. The van der Waals surface area contributed by atoms with Gasteiger partial charge in [0.15, 0.2) is 0 Å². The Bertz CT molecular complexity index is 946. The topological polar surface area (TPSA) is 63.1 Å². The fourth-order valence-electron chi connectivity index (χ4n) is 2.14. The third-order valence-electron chi connectivity index (χ3n) is 3.28. The SMILES string of the molecule is O=C(O)c1c(C#Cc2cccnc2)cccc1C#Cc1cccnc1. The molecule has 0 saturated heterocycles. The van der Waals surface area contributed by atoms with Gasteiger partial charge in [0.05, 0.1) is 5.56 Å². The van der Waals surface area contributed by atoms with E-state index in [2.05, 4.69) is 33.6 Å². The van der Waals surface area contributed by atoms with Gasteiger partial charge in [0, 0.05) is 47.0 Å². The third kappa shape index (κ3) is 4.10. The van der Waals surface area contributed by atoms with E-state index in [1.54, 1.807) is 55.1 Å². The molecule has 3 rings (SSSR count). The minimum Gasteiger partial charge on any atom is -0.478 e. The van der Waals surface area contributed by atoms with Crippen molar-refractivity contribution in [1.29, 1.82) is 0 Å². The smallest absolute Gasteiger partial charge is 0.338 e. The highest BCUT2D eigenvalue weighted by Gasteiger charge is 2.13. The Morgan fingerprint density at radius 1 is 0.760 bits per heavy atom. The largest absolute Gasteiger partial charge is 0.478 e. The lowest BCUT2D eigenvalue weighted by atomic mass is 10.0. The number of aromatic carboxylic acids is 1. The van der Waals surface area contributed by atoms with E-state index in [1.807, 2.05) is 12.1 Å². The van der Waals surface area contributed by atoms with Crippen molar-refractivity contribution in [2.45, 2.75) is 0 Å². The molecule has 25 heavy (non-hydrogen) atoms. The summed E-state index contributed by atoms with van der Waals surface area (Å²) in [5, 5.41) is 9.58. The Kier molecular flexibility index (Phi) is 4.85. The molecule has 2 aromatic heterocycles. The molecule has 1 aromatic carbocycles. The van der Waals surface area contributed by atoms with E-state index < -0.39 is 5.97 Å². The Morgan fingerprint density at radius 2 is 1.28 bits per heavy atom. The third-order valence-corrected chi connectivity index (χ3v) is 3.28. The minimum atomic E-state index is -1.06. The zero-order chi connectivity index (χ0) is 17.5. The van der Waals surface area contributed by atoms with Gasteiger partial charge in [-0.15, -0.1) is 0 Å². The van der Waals surface area contributed by atoms with Crippen molar-refractivity contribution < 1.29 is 9.90 Å². The first-order chi connectivity index (χ1) is 12.2. The van der Waals surface area contributed by atoms with Crippen LogP contribution in [0.5, 0.6) is 0 Å². The molecule has 3 aromatic rings. The molecule has 0 amide bonds. The van der Waals surface area contributed by atoms with Crippen LogP contribution in [0, 0.1) is 23.7 Å². The van der Waals surface area contributed by atoms with Crippen LogP contribution in [0.4, 0.5) is 0 Å². The lowest BCUT2D eigenvalue weighted by Gasteiger charge is -2.02. The molecular formula is C21H12N2O2. The number of pyridine rings is 2. The first kappa shape index (κ1) is 16.0. The molecule has 0 aliphatic carbocycles. The average molecular weight is 324 g/mol. The lowest BCUT2D eigenvalue weighted by Crippen LogP contribution is -2.03. The van der Waals surface area contributed by atoms with Gasteiger partial charge in [-0.1, -0.05) is 29.7 Å². The Hall–Kier alpha value is -3.89. The molecule has 0 unspecified atom stereocenters. The number of aromatic nitrogens is 2. The summed E-state index contributed by atoms with van der Waals surface area (Å²) in [6.45, 7) is 0. The van der Waals surface area contributed by atoms with E-state index in [9.17, 15) is 9.90 Å². The van der Waals surface area contributed by atoms with Crippen LogP contribution in [-0.4, -0.2) is 21.0 Å². The number of benzene rings is 1. The molecule has 0 radical (unpaired) electrons. The summed E-state index contributed by atoms with van der Waals surface area (Å²) in [5.41, 5.74) is 2.34. The van der Waals surface area contributed by atoms with Crippen molar-refractivity contribution in [2.24, 2.45) is 0 Å². The van der Waals surface area contributed by atoms with Crippen LogP contribution >= 0.6 is 0 Å². The standard InChI is InChI=1S/C21H12N2O2/c24-21(25)20-18(10-8-16-4-2-12-22-14-16)6-1-7-19(20)11-9-17-5-3-13-23-15-17/h1-7,12-15H,(H,24,25). The number of carbonyl (C=O) groups is 1. The molecule has 0 atom stereocenters. The average Bonchev–Trinajstić information content (AvgIpc) is 2.66. The fourth-order valence-corrected chi connectivity index (χ4v) is 2.14. The van der Waals surface area contributed by atoms with Gasteiger partial charge in [0.25, 0.3) is 0 Å². The van der Waals surface area contributed by atoms with E-state index in [-0.39, 0.29) is 5.56 Å². The van der Waals surface area contributed by atoms with Crippen LogP contribution in [0.1, 0.15) is 32.6 Å². The second-order valence-corrected chi connectivity index (χ2v) is 5.02. The molecule has 4 nitrogen and oxygen atoms in total. The van der Waals surface area contributed by atoms with Crippen LogP contribution < -0.4 is 0 Å². The molecule has 1 N–H and O–H groups in total. The number of hydrogen-bond acceptors (Lipinski definition) is 3. The van der Waals surface area contributed by atoms with Crippen molar-refractivity contribution in [3.05, 3.63) is 95.1 Å². The summed E-state index contributed by atoms with van der Waals surface area (Å²) in [6.07, 6.45) is 6.56. The van der Waals surface area contributed by atoms with Gasteiger partial charge in [0.1, 0.15) is 0 Å². The highest BCUT2D eigenvalue weighted by molar-refractivity contribution is 5.94. The molecule has 0 fully saturated rings. The second kappa shape index (κ2) is 7.59. The molecule has 0 bridgehead atoms. The number of nitrogens with zero attached hydrogens (tertiary/aromatic N) is 2. The van der Waals surface area contributed by atoms with Gasteiger partial charge < -0.3 is 5.11 Å². The molecule has 2 heterocycles. The number of hydrogen-bond donors (Lipinski definition) is 1. The molecule has 0 aliphatic rings. The van der Waals surface area contributed by atoms with E-state index in [1.165, 1.54) is 0 Å². The summed E-state index contributed by atoms with van der Waals surface area (Å²) < 4.78 is 0. The number of carboxylic acids is 1. The van der Waals surface area contributed by atoms with Gasteiger partial charge in [-0.2, -0.15) is 0 Å². The molecule has 0 spiro atoms. The van der Waals surface area contributed by atoms with Gasteiger partial charge in [-0.3, -0.25) is 9.97 Å². The lowest BCUT2D eigenvalue weighted by molar-refractivity contribution is 0.0696. The summed E-state index contributed by atoms with van der Waals surface area (Å²) in [4.78, 5) is 19.7. The van der Waals surface area contributed by atoms with Crippen molar-refractivity contribution in [2.75, 3.05) is 0 Å². The van der Waals surface area contributed by atoms with Gasteiger partial charge in [-0.25, -0.2) is 4.79 Å². The quantitative estimate of drug-likeness (QED) is 0.699. The zero-order valence-corrected chi connectivity index (χ0v) is 13.1. The number of carboxylic acid groups (broad SMARTS) is 1. The normalized spacial score (nSPS) is 9.28. The van der Waals surface area contributed by atoms with E-state index >= 15 is 0 Å². The first-order valence-corrected chi connectivity index (χ1v) is 7.44.